The number of anilines is 1. The molecule has 3 aliphatic rings. The van der Waals surface area contributed by atoms with Crippen molar-refractivity contribution in [3.05, 3.63) is 29.8 Å². The predicted molar refractivity (Wildman–Crippen MR) is 102 cm³/mol. The van der Waals surface area contributed by atoms with E-state index in [1.165, 1.54) is 6.42 Å². The Morgan fingerprint density at radius 1 is 1.11 bits per heavy atom. The highest BCUT2D eigenvalue weighted by atomic mass is 16.2. The van der Waals surface area contributed by atoms with E-state index in [9.17, 15) is 14.4 Å². The summed E-state index contributed by atoms with van der Waals surface area (Å²) in [6.45, 7) is 1.81. The lowest BCUT2D eigenvalue weighted by atomic mass is 9.84. The average Bonchev–Trinajstić information content (AvgIpc) is 3.07. The number of imide groups is 1. The first-order chi connectivity index (χ1) is 13.0. The molecule has 2 fully saturated rings. The Morgan fingerprint density at radius 3 is 2.52 bits per heavy atom. The molecule has 1 atom stereocenters. The SMILES string of the molecule is CC1Cc2ccccc2N1C(=O)CN1C(=O)NC2(CCCCCCC2)C1=O. The standard InChI is InChI=1S/C21H27N3O3/c1-15-13-16-9-5-6-10-17(16)24(15)18(25)14-23-19(26)21(22-20(23)27)11-7-3-2-4-8-12-21/h5-6,9-10,15H,2-4,7-8,11-14H2,1H3,(H,22,27). The average molecular weight is 369 g/mol. The van der Waals surface area contributed by atoms with E-state index in [0.29, 0.717) is 12.8 Å². The van der Waals surface area contributed by atoms with Crippen LogP contribution in [-0.2, 0) is 16.0 Å². The third kappa shape index (κ3) is 3.11. The van der Waals surface area contributed by atoms with Crippen LogP contribution in [0.2, 0.25) is 0 Å². The van der Waals surface area contributed by atoms with E-state index in [1.54, 1.807) is 4.90 Å². The first kappa shape index (κ1) is 18.0. The number of amides is 4. The first-order valence-corrected chi connectivity index (χ1v) is 10.1. The molecule has 1 saturated heterocycles. The second-order valence-corrected chi connectivity index (χ2v) is 8.12. The van der Waals surface area contributed by atoms with Gasteiger partial charge in [0.05, 0.1) is 0 Å². The van der Waals surface area contributed by atoms with Crippen LogP contribution in [0.15, 0.2) is 24.3 Å². The van der Waals surface area contributed by atoms with E-state index in [4.69, 9.17) is 0 Å². The molecule has 1 N–H and O–H groups in total. The maximum absolute atomic E-state index is 13.1. The molecule has 27 heavy (non-hydrogen) atoms. The monoisotopic (exact) mass is 369 g/mol. The van der Waals surface area contributed by atoms with Gasteiger partial charge < -0.3 is 10.2 Å². The summed E-state index contributed by atoms with van der Waals surface area (Å²) in [5.41, 5.74) is 1.22. The van der Waals surface area contributed by atoms with Gasteiger partial charge in [0.2, 0.25) is 5.91 Å². The van der Waals surface area contributed by atoms with Gasteiger partial charge in [-0.05, 0) is 37.8 Å². The van der Waals surface area contributed by atoms with Gasteiger partial charge in [0.15, 0.2) is 0 Å². The summed E-state index contributed by atoms with van der Waals surface area (Å²) in [5.74, 6) is -0.415. The zero-order chi connectivity index (χ0) is 19.0. The van der Waals surface area contributed by atoms with Crippen LogP contribution >= 0.6 is 0 Å². The van der Waals surface area contributed by atoms with Gasteiger partial charge in [-0.25, -0.2) is 4.79 Å². The van der Waals surface area contributed by atoms with Crippen LogP contribution in [0.25, 0.3) is 0 Å². The highest BCUT2D eigenvalue weighted by Crippen LogP contribution is 2.34. The second kappa shape index (κ2) is 6.98. The van der Waals surface area contributed by atoms with Crippen molar-refractivity contribution in [3.8, 4) is 0 Å². The molecule has 1 saturated carbocycles. The van der Waals surface area contributed by atoms with Crippen molar-refractivity contribution >= 4 is 23.5 Å². The molecule has 0 bridgehead atoms. The van der Waals surface area contributed by atoms with Gasteiger partial charge in [0.25, 0.3) is 5.91 Å². The van der Waals surface area contributed by atoms with E-state index >= 15 is 0 Å². The molecule has 2 heterocycles. The molecule has 4 amide bonds. The summed E-state index contributed by atoms with van der Waals surface area (Å²) < 4.78 is 0. The molecule has 1 unspecified atom stereocenters. The molecule has 0 aromatic heterocycles. The van der Waals surface area contributed by atoms with Gasteiger partial charge in [0.1, 0.15) is 12.1 Å². The summed E-state index contributed by atoms with van der Waals surface area (Å²) in [7, 11) is 0. The third-order valence-corrected chi connectivity index (χ3v) is 6.22. The Bertz CT molecular complexity index is 768. The normalized spacial score (nSPS) is 24.6. The van der Waals surface area contributed by atoms with Gasteiger partial charge in [-0.15, -0.1) is 0 Å². The van der Waals surface area contributed by atoms with Gasteiger partial charge in [-0.3, -0.25) is 14.5 Å². The van der Waals surface area contributed by atoms with Crippen LogP contribution < -0.4 is 10.2 Å². The molecule has 144 valence electrons. The minimum atomic E-state index is -0.799. The van der Waals surface area contributed by atoms with Gasteiger partial charge in [-0.1, -0.05) is 50.3 Å². The van der Waals surface area contributed by atoms with E-state index in [-0.39, 0.29) is 24.4 Å². The predicted octanol–water partition coefficient (Wildman–Crippen LogP) is 3.00. The lowest BCUT2D eigenvalue weighted by Crippen LogP contribution is -2.48. The number of urea groups is 1. The Labute approximate surface area is 159 Å². The molecular weight excluding hydrogens is 342 g/mol. The lowest BCUT2D eigenvalue weighted by molar-refractivity contribution is -0.135. The summed E-state index contributed by atoms with van der Waals surface area (Å²) in [6, 6.07) is 7.44. The van der Waals surface area contributed by atoms with Crippen LogP contribution in [0.3, 0.4) is 0 Å². The largest absolute Gasteiger partial charge is 0.325 e. The highest BCUT2D eigenvalue weighted by Gasteiger charge is 2.51. The number of hydrogen-bond donors (Lipinski definition) is 1. The fraction of sp³-hybridized carbons (Fsp3) is 0.571. The first-order valence-electron chi connectivity index (χ1n) is 10.1. The molecule has 1 spiro atoms. The lowest BCUT2D eigenvalue weighted by Gasteiger charge is -2.29. The van der Waals surface area contributed by atoms with Crippen molar-refractivity contribution < 1.29 is 14.4 Å². The quantitative estimate of drug-likeness (QED) is 0.815. The number of carbonyl (C=O) groups is 3. The zero-order valence-corrected chi connectivity index (χ0v) is 15.9. The summed E-state index contributed by atoms with van der Waals surface area (Å²) in [6.07, 6.45) is 7.38. The molecular formula is C21H27N3O3. The number of benzene rings is 1. The number of nitrogens with zero attached hydrogens (tertiary/aromatic N) is 2. The molecule has 0 radical (unpaired) electrons. The molecule has 1 aromatic carbocycles. The molecule has 1 aliphatic carbocycles. The van der Waals surface area contributed by atoms with Crippen LogP contribution in [0, 0.1) is 0 Å². The van der Waals surface area contributed by atoms with Crippen molar-refractivity contribution in [2.24, 2.45) is 0 Å². The van der Waals surface area contributed by atoms with Crippen LogP contribution in [0.5, 0.6) is 0 Å². The smallest absolute Gasteiger partial charge is 0.323 e. The van der Waals surface area contributed by atoms with Crippen molar-refractivity contribution in [1.82, 2.24) is 10.2 Å². The van der Waals surface area contributed by atoms with Gasteiger partial charge in [-0.2, -0.15) is 0 Å². The van der Waals surface area contributed by atoms with Crippen LogP contribution in [-0.4, -0.2) is 40.9 Å². The van der Waals surface area contributed by atoms with Crippen molar-refractivity contribution in [3.63, 3.8) is 0 Å². The minimum Gasteiger partial charge on any atom is -0.323 e. The second-order valence-electron chi connectivity index (χ2n) is 8.12. The Morgan fingerprint density at radius 2 is 1.78 bits per heavy atom. The van der Waals surface area contributed by atoms with E-state index in [1.807, 2.05) is 31.2 Å². The maximum atomic E-state index is 13.1. The number of para-hydroxylation sites is 1. The topological polar surface area (TPSA) is 69.7 Å². The Kier molecular flexibility index (Phi) is 4.66. The van der Waals surface area contributed by atoms with E-state index in [0.717, 1.165) is 48.3 Å². The van der Waals surface area contributed by atoms with Gasteiger partial charge in [0, 0.05) is 11.7 Å². The number of fused-ring (bicyclic) bond motifs is 1. The molecule has 4 rings (SSSR count). The van der Waals surface area contributed by atoms with Crippen molar-refractivity contribution in [2.45, 2.75) is 69.9 Å². The zero-order valence-electron chi connectivity index (χ0n) is 15.9. The van der Waals surface area contributed by atoms with Crippen LogP contribution in [0.1, 0.15) is 57.4 Å². The Hall–Kier alpha value is -2.37. The molecule has 6 heteroatoms. The summed E-state index contributed by atoms with van der Waals surface area (Å²) >= 11 is 0. The van der Waals surface area contributed by atoms with Crippen LogP contribution in [0.4, 0.5) is 10.5 Å². The molecule has 2 aliphatic heterocycles. The highest BCUT2D eigenvalue weighted by molar-refractivity contribution is 6.10. The number of hydrogen-bond acceptors (Lipinski definition) is 3. The minimum absolute atomic E-state index is 0.0334. The van der Waals surface area contributed by atoms with E-state index < -0.39 is 11.6 Å². The number of rotatable bonds is 2. The van der Waals surface area contributed by atoms with Crippen molar-refractivity contribution in [2.75, 3.05) is 11.4 Å². The molecule has 6 nitrogen and oxygen atoms in total. The third-order valence-electron chi connectivity index (χ3n) is 6.22. The van der Waals surface area contributed by atoms with Gasteiger partial charge >= 0.3 is 6.03 Å². The fourth-order valence-electron chi connectivity index (χ4n) is 4.82. The summed E-state index contributed by atoms with van der Waals surface area (Å²) in [5, 5.41) is 2.93. The van der Waals surface area contributed by atoms with E-state index in [2.05, 4.69) is 5.32 Å². The number of nitrogens with one attached hydrogen (secondary N) is 1. The van der Waals surface area contributed by atoms with Crippen molar-refractivity contribution in [1.29, 1.82) is 0 Å². The Balaban J connectivity index is 1.51. The fourth-order valence-corrected chi connectivity index (χ4v) is 4.82. The maximum Gasteiger partial charge on any atom is 0.325 e. The summed E-state index contributed by atoms with van der Waals surface area (Å²) in [4.78, 5) is 41.5. The molecule has 1 aromatic rings. The number of carbonyl (C=O) groups excluding carboxylic acids is 3.